The standard InChI is InChI=1S/C15H21FO4S/c1-10(17)14-8-11(16)6-7-15(14)20-12-4-3-5-13(9-12)21(2,18)19/h6-8,10,12-13,17H,3-5,9H2,1-2H3. The fraction of sp³-hybridized carbons (Fsp3) is 0.600. The fourth-order valence-corrected chi connectivity index (χ4v) is 3.89. The molecule has 21 heavy (non-hydrogen) atoms. The smallest absolute Gasteiger partial charge is 0.150 e. The van der Waals surface area contributed by atoms with Crippen molar-refractivity contribution < 1.29 is 22.7 Å². The van der Waals surface area contributed by atoms with Crippen LogP contribution in [0.4, 0.5) is 4.39 Å². The maximum atomic E-state index is 13.3. The predicted octanol–water partition coefficient (Wildman–Crippen LogP) is 2.61. The molecule has 3 unspecified atom stereocenters. The Labute approximate surface area is 124 Å². The van der Waals surface area contributed by atoms with Gasteiger partial charge in [-0.2, -0.15) is 0 Å². The number of sulfone groups is 1. The van der Waals surface area contributed by atoms with E-state index >= 15 is 0 Å². The van der Waals surface area contributed by atoms with E-state index in [-0.39, 0.29) is 11.4 Å². The van der Waals surface area contributed by atoms with E-state index in [2.05, 4.69) is 0 Å². The Kier molecular flexibility index (Phi) is 4.88. The average Bonchev–Trinajstić information content (AvgIpc) is 2.40. The third kappa shape index (κ3) is 4.17. The van der Waals surface area contributed by atoms with Crippen molar-refractivity contribution in [2.45, 2.75) is 50.1 Å². The second-order valence-electron chi connectivity index (χ2n) is 5.72. The molecule has 6 heteroatoms. The molecule has 1 saturated carbocycles. The first kappa shape index (κ1) is 16.2. The molecule has 0 aromatic heterocycles. The van der Waals surface area contributed by atoms with Gasteiger partial charge in [0.1, 0.15) is 21.4 Å². The molecule has 1 fully saturated rings. The SMILES string of the molecule is CC(O)c1cc(F)ccc1OC1CCCC(S(C)(=O)=O)C1. The average molecular weight is 316 g/mol. The molecule has 1 N–H and O–H groups in total. The summed E-state index contributed by atoms with van der Waals surface area (Å²) in [6.07, 6.45) is 2.84. The molecule has 0 spiro atoms. The molecule has 0 amide bonds. The first-order valence-electron chi connectivity index (χ1n) is 7.10. The summed E-state index contributed by atoms with van der Waals surface area (Å²) in [6, 6.07) is 4.01. The van der Waals surface area contributed by atoms with Crippen LogP contribution in [-0.4, -0.2) is 31.1 Å². The Morgan fingerprint density at radius 2 is 2.10 bits per heavy atom. The van der Waals surface area contributed by atoms with Gasteiger partial charge < -0.3 is 9.84 Å². The summed E-state index contributed by atoms with van der Waals surface area (Å²) in [4.78, 5) is 0. The second-order valence-corrected chi connectivity index (χ2v) is 8.04. The summed E-state index contributed by atoms with van der Waals surface area (Å²) in [6.45, 7) is 1.54. The summed E-state index contributed by atoms with van der Waals surface area (Å²) in [5, 5.41) is 9.31. The highest BCUT2D eigenvalue weighted by Gasteiger charge is 2.30. The van der Waals surface area contributed by atoms with E-state index in [1.807, 2.05) is 0 Å². The summed E-state index contributed by atoms with van der Waals surface area (Å²) in [5.41, 5.74) is 0.386. The van der Waals surface area contributed by atoms with Crippen LogP contribution in [0.3, 0.4) is 0 Å². The fourth-order valence-electron chi connectivity index (χ4n) is 2.73. The lowest BCUT2D eigenvalue weighted by Crippen LogP contribution is -2.33. The molecule has 0 aliphatic heterocycles. The van der Waals surface area contributed by atoms with Crippen LogP contribution < -0.4 is 4.74 Å². The van der Waals surface area contributed by atoms with E-state index in [0.29, 0.717) is 24.2 Å². The molecular weight excluding hydrogens is 295 g/mol. The molecule has 118 valence electrons. The number of hydrogen-bond donors (Lipinski definition) is 1. The van der Waals surface area contributed by atoms with Crippen LogP contribution in [0.2, 0.25) is 0 Å². The van der Waals surface area contributed by atoms with Crippen molar-refractivity contribution in [3.63, 3.8) is 0 Å². The third-order valence-corrected chi connectivity index (χ3v) is 5.54. The molecule has 1 aliphatic rings. The van der Waals surface area contributed by atoms with Gasteiger partial charge in [0.2, 0.25) is 0 Å². The normalized spacial score (nSPS) is 24.6. The lowest BCUT2D eigenvalue weighted by Gasteiger charge is -2.29. The van der Waals surface area contributed by atoms with Crippen LogP contribution in [0.15, 0.2) is 18.2 Å². The van der Waals surface area contributed by atoms with Crippen LogP contribution in [0.5, 0.6) is 5.75 Å². The van der Waals surface area contributed by atoms with Gasteiger partial charge in [-0.05, 0) is 44.4 Å². The van der Waals surface area contributed by atoms with Gasteiger partial charge in [0, 0.05) is 18.2 Å². The zero-order valence-electron chi connectivity index (χ0n) is 12.3. The third-order valence-electron chi connectivity index (χ3n) is 3.90. The second kappa shape index (κ2) is 6.32. The van der Waals surface area contributed by atoms with E-state index in [9.17, 15) is 17.9 Å². The van der Waals surface area contributed by atoms with Gasteiger partial charge in [-0.15, -0.1) is 0 Å². The van der Waals surface area contributed by atoms with Crippen LogP contribution in [0, 0.1) is 5.82 Å². The Hall–Kier alpha value is -1.14. The molecule has 1 aromatic carbocycles. The van der Waals surface area contributed by atoms with E-state index in [4.69, 9.17) is 4.74 Å². The minimum absolute atomic E-state index is 0.221. The molecule has 0 heterocycles. The largest absolute Gasteiger partial charge is 0.490 e. The van der Waals surface area contributed by atoms with Crippen molar-refractivity contribution in [2.24, 2.45) is 0 Å². The molecule has 0 saturated heterocycles. The Morgan fingerprint density at radius 3 is 2.71 bits per heavy atom. The molecule has 1 aromatic rings. The lowest BCUT2D eigenvalue weighted by molar-refractivity contribution is 0.143. The lowest BCUT2D eigenvalue weighted by atomic mass is 9.97. The van der Waals surface area contributed by atoms with Gasteiger partial charge in [-0.3, -0.25) is 0 Å². The minimum Gasteiger partial charge on any atom is -0.490 e. The maximum absolute atomic E-state index is 13.3. The van der Waals surface area contributed by atoms with Gasteiger partial charge >= 0.3 is 0 Å². The van der Waals surface area contributed by atoms with Crippen LogP contribution in [0.1, 0.15) is 44.3 Å². The Balaban J connectivity index is 2.15. The number of ether oxygens (including phenoxy) is 1. The summed E-state index contributed by atoms with van der Waals surface area (Å²) in [5.74, 6) is -0.0125. The van der Waals surface area contributed by atoms with Crippen LogP contribution in [0.25, 0.3) is 0 Å². The number of benzene rings is 1. The zero-order valence-corrected chi connectivity index (χ0v) is 13.1. The number of rotatable bonds is 4. The summed E-state index contributed by atoms with van der Waals surface area (Å²) < 4.78 is 42.4. The monoisotopic (exact) mass is 316 g/mol. The number of hydrogen-bond acceptors (Lipinski definition) is 4. The first-order chi connectivity index (χ1) is 9.77. The van der Waals surface area contributed by atoms with Gasteiger partial charge in [-0.25, -0.2) is 12.8 Å². The molecule has 4 nitrogen and oxygen atoms in total. The van der Waals surface area contributed by atoms with Gasteiger partial charge in [0.15, 0.2) is 0 Å². The molecule has 3 atom stereocenters. The van der Waals surface area contributed by atoms with Crippen LogP contribution in [-0.2, 0) is 9.84 Å². The highest BCUT2D eigenvalue weighted by Crippen LogP contribution is 2.31. The van der Waals surface area contributed by atoms with Crippen molar-refractivity contribution in [1.29, 1.82) is 0 Å². The maximum Gasteiger partial charge on any atom is 0.150 e. The van der Waals surface area contributed by atoms with Crippen LogP contribution >= 0.6 is 0 Å². The Bertz CT molecular complexity index is 598. The van der Waals surface area contributed by atoms with Crippen molar-refractivity contribution >= 4 is 9.84 Å². The van der Waals surface area contributed by atoms with Gasteiger partial charge in [-0.1, -0.05) is 0 Å². The van der Waals surface area contributed by atoms with Gasteiger partial charge in [0.25, 0.3) is 0 Å². The molecule has 0 bridgehead atoms. The van der Waals surface area contributed by atoms with Crippen molar-refractivity contribution in [3.8, 4) is 5.75 Å². The van der Waals surface area contributed by atoms with E-state index in [0.717, 1.165) is 12.8 Å². The minimum atomic E-state index is -3.07. The summed E-state index contributed by atoms with van der Waals surface area (Å²) in [7, 11) is -3.07. The number of halogens is 1. The molecule has 0 radical (unpaired) electrons. The molecule has 1 aliphatic carbocycles. The zero-order chi connectivity index (χ0) is 15.6. The van der Waals surface area contributed by atoms with E-state index in [1.165, 1.54) is 24.5 Å². The summed E-state index contributed by atoms with van der Waals surface area (Å²) >= 11 is 0. The topological polar surface area (TPSA) is 63.6 Å². The van der Waals surface area contributed by atoms with E-state index < -0.39 is 21.8 Å². The highest BCUT2D eigenvalue weighted by molar-refractivity contribution is 7.91. The van der Waals surface area contributed by atoms with E-state index in [1.54, 1.807) is 6.92 Å². The molecule has 2 rings (SSSR count). The number of aliphatic hydroxyl groups excluding tert-OH is 1. The van der Waals surface area contributed by atoms with Crippen molar-refractivity contribution in [3.05, 3.63) is 29.6 Å². The quantitative estimate of drug-likeness (QED) is 0.927. The number of aliphatic hydroxyl groups is 1. The predicted molar refractivity (Wildman–Crippen MR) is 78.5 cm³/mol. The van der Waals surface area contributed by atoms with Crippen molar-refractivity contribution in [1.82, 2.24) is 0 Å². The Morgan fingerprint density at radius 1 is 1.38 bits per heavy atom. The first-order valence-corrected chi connectivity index (χ1v) is 9.06. The van der Waals surface area contributed by atoms with Crippen molar-refractivity contribution in [2.75, 3.05) is 6.26 Å². The highest BCUT2D eigenvalue weighted by atomic mass is 32.2. The molecular formula is C15H21FO4S. The van der Waals surface area contributed by atoms with Gasteiger partial charge in [0.05, 0.1) is 17.5 Å².